The van der Waals surface area contributed by atoms with Crippen molar-refractivity contribution in [2.24, 2.45) is 7.05 Å². The van der Waals surface area contributed by atoms with Crippen LogP contribution in [0.1, 0.15) is 22.3 Å². The molecule has 0 aliphatic heterocycles. The first-order valence-corrected chi connectivity index (χ1v) is 10.7. The van der Waals surface area contributed by atoms with Crippen LogP contribution in [0, 0.1) is 6.92 Å². The molecule has 0 unspecified atom stereocenters. The zero-order chi connectivity index (χ0) is 21.6. The Hall–Kier alpha value is -3.07. The van der Waals surface area contributed by atoms with Gasteiger partial charge in [0.05, 0.1) is 48.9 Å². The Morgan fingerprint density at radius 1 is 1.13 bits per heavy atom. The van der Waals surface area contributed by atoms with Crippen molar-refractivity contribution < 1.29 is 9.22 Å². The largest absolute Gasteiger partial charge is 0.332 e. The Kier molecular flexibility index (Phi) is 6.71. The Labute approximate surface area is 185 Å². The number of nitrogens with zero attached hydrogens (tertiary/aromatic N) is 5. The molecule has 0 aliphatic rings. The highest BCUT2D eigenvalue weighted by molar-refractivity contribution is 7.94. The number of hydrogen-bond donors (Lipinski definition) is 0. The third kappa shape index (κ3) is 4.99. The molecule has 0 spiro atoms. The number of pyridine rings is 1. The number of benzene rings is 1. The summed E-state index contributed by atoms with van der Waals surface area (Å²) in [5, 5.41) is 8.90. The van der Waals surface area contributed by atoms with Crippen LogP contribution in [0.4, 0.5) is 0 Å². The van der Waals surface area contributed by atoms with Crippen molar-refractivity contribution in [3.05, 3.63) is 71.4 Å². The van der Waals surface area contributed by atoms with Gasteiger partial charge in [0.25, 0.3) is 0 Å². The van der Waals surface area contributed by atoms with Crippen LogP contribution in [-0.2, 0) is 22.7 Å². The minimum Gasteiger partial charge on any atom is -0.332 e. The van der Waals surface area contributed by atoms with Gasteiger partial charge in [-0.25, -0.2) is 14.9 Å². The Morgan fingerprint density at radius 3 is 2.77 bits per heavy atom. The molecule has 4 rings (SSSR count). The first-order valence-electron chi connectivity index (χ1n) is 9.83. The van der Waals surface area contributed by atoms with Gasteiger partial charge in [-0.05, 0) is 59.9 Å². The van der Waals surface area contributed by atoms with E-state index >= 15 is 0 Å². The van der Waals surface area contributed by atoms with Gasteiger partial charge in [0.15, 0.2) is 0 Å². The van der Waals surface area contributed by atoms with E-state index in [9.17, 15) is 0 Å². The van der Waals surface area contributed by atoms with Crippen LogP contribution in [0.15, 0.2) is 49.2 Å². The smallest absolute Gasteiger partial charge is 0.0948 e. The molecule has 158 valence electrons. The molecule has 1 aromatic carbocycles. The lowest BCUT2D eigenvalue weighted by atomic mass is 9.98. The summed E-state index contributed by atoms with van der Waals surface area (Å²) in [7, 11) is 3.48. The van der Waals surface area contributed by atoms with E-state index < -0.39 is 0 Å². The molecule has 0 radical (unpaired) electrons. The van der Waals surface area contributed by atoms with Gasteiger partial charge in [0.2, 0.25) is 0 Å². The van der Waals surface area contributed by atoms with Crippen molar-refractivity contribution in [2.45, 2.75) is 13.3 Å². The normalized spacial score (nSPS) is 11.6. The second kappa shape index (κ2) is 9.82. The summed E-state index contributed by atoms with van der Waals surface area (Å²) in [6.07, 6.45) is 12.1. The molecule has 0 fully saturated rings. The summed E-state index contributed by atoms with van der Waals surface area (Å²) in [4.78, 5) is 13.8. The second-order valence-corrected chi connectivity index (χ2v) is 7.88. The predicted octanol–water partition coefficient (Wildman–Crippen LogP) is 4.67. The molecular formula is C23H23N5O2S. The molecule has 8 heteroatoms. The lowest BCUT2D eigenvalue weighted by molar-refractivity contribution is -0.160. The number of aromatic nitrogens is 5. The SMILES string of the molecule is COOSCCc1cc2c(C=Cc3ccnnc3)cc(-c3cncn3C)nc2cc1C. The summed E-state index contributed by atoms with van der Waals surface area (Å²) in [6.45, 7) is 2.12. The molecule has 0 amide bonds. The van der Waals surface area contributed by atoms with Crippen LogP contribution in [0.5, 0.6) is 0 Å². The minimum atomic E-state index is 0.800. The molecule has 0 saturated carbocycles. The first-order chi connectivity index (χ1) is 15.2. The van der Waals surface area contributed by atoms with E-state index in [2.05, 4.69) is 51.3 Å². The average Bonchev–Trinajstić information content (AvgIpc) is 3.21. The highest BCUT2D eigenvalue weighted by atomic mass is 32.2. The van der Waals surface area contributed by atoms with E-state index in [1.807, 2.05) is 30.0 Å². The van der Waals surface area contributed by atoms with Crippen LogP contribution in [0.25, 0.3) is 34.4 Å². The van der Waals surface area contributed by atoms with Gasteiger partial charge in [-0.2, -0.15) is 14.5 Å². The molecular weight excluding hydrogens is 410 g/mol. The van der Waals surface area contributed by atoms with E-state index in [0.717, 1.165) is 45.6 Å². The molecule has 0 saturated heterocycles. The van der Waals surface area contributed by atoms with E-state index in [1.165, 1.54) is 30.3 Å². The standard InChI is InChI=1S/C23H23N5O2S/c1-16-10-21-20(11-18(16)7-9-31-30-29-3)19(5-4-17-6-8-25-26-13-17)12-22(27-21)23-14-24-15-28(23)2/h4-6,8,10-15H,7,9H2,1-3H3. The lowest BCUT2D eigenvalue weighted by Crippen LogP contribution is -1.98. The van der Waals surface area contributed by atoms with Crippen molar-refractivity contribution in [3.8, 4) is 11.4 Å². The lowest BCUT2D eigenvalue weighted by Gasteiger charge is -2.12. The summed E-state index contributed by atoms with van der Waals surface area (Å²) in [5.41, 5.74) is 7.34. The van der Waals surface area contributed by atoms with Crippen molar-refractivity contribution in [2.75, 3.05) is 12.9 Å². The van der Waals surface area contributed by atoms with Crippen LogP contribution < -0.4 is 0 Å². The van der Waals surface area contributed by atoms with Crippen molar-refractivity contribution in [1.29, 1.82) is 0 Å². The number of hydrogen-bond acceptors (Lipinski definition) is 7. The fourth-order valence-electron chi connectivity index (χ4n) is 3.41. The molecule has 0 atom stereocenters. The molecule has 3 aromatic heterocycles. The number of imidazole rings is 1. The summed E-state index contributed by atoms with van der Waals surface area (Å²) >= 11 is 1.30. The van der Waals surface area contributed by atoms with E-state index in [4.69, 9.17) is 9.32 Å². The van der Waals surface area contributed by atoms with Gasteiger partial charge in [0, 0.05) is 30.2 Å². The van der Waals surface area contributed by atoms with Crippen LogP contribution >= 0.6 is 12.0 Å². The molecule has 7 nitrogen and oxygen atoms in total. The molecule has 3 heterocycles. The zero-order valence-corrected chi connectivity index (χ0v) is 18.5. The van der Waals surface area contributed by atoms with Gasteiger partial charge in [-0.15, -0.1) is 0 Å². The second-order valence-electron chi connectivity index (χ2n) is 7.10. The highest BCUT2D eigenvalue weighted by Crippen LogP contribution is 2.29. The van der Waals surface area contributed by atoms with Crippen molar-refractivity contribution in [3.63, 3.8) is 0 Å². The van der Waals surface area contributed by atoms with E-state index in [-0.39, 0.29) is 0 Å². The first kappa shape index (κ1) is 21.2. The van der Waals surface area contributed by atoms with Crippen LogP contribution in [0.3, 0.4) is 0 Å². The third-order valence-corrected chi connectivity index (χ3v) is 5.61. The predicted molar refractivity (Wildman–Crippen MR) is 124 cm³/mol. The maximum absolute atomic E-state index is 4.94. The van der Waals surface area contributed by atoms with Gasteiger partial charge in [0.1, 0.15) is 0 Å². The van der Waals surface area contributed by atoms with Gasteiger partial charge in [-0.3, -0.25) is 0 Å². The maximum Gasteiger partial charge on any atom is 0.0948 e. The molecule has 4 aromatic rings. The van der Waals surface area contributed by atoms with E-state index in [0.29, 0.717) is 0 Å². The minimum absolute atomic E-state index is 0.800. The Balaban J connectivity index is 1.79. The zero-order valence-electron chi connectivity index (χ0n) is 17.6. The number of aryl methyl sites for hydroxylation is 3. The van der Waals surface area contributed by atoms with Crippen LogP contribution in [0.2, 0.25) is 0 Å². The van der Waals surface area contributed by atoms with Gasteiger partial charge >= 0.3 is 0 Å². The molecule has 31 heavy (non-hydrogen) atoms. The van der Waals surface area contributed by atoms with E-state index in [1.54, 1.807) is 18.7 Å². The van der Waals surface area contributed by atoms with Crippen molar-refractivity contribution in [1.82, 2.24) is 24.7 Å². The third-order valence-electron chi connectivity index (χ3n) is 5.01. The fourth-order valence-corrected chi connectivity index (χ4v) is 3.88. The van der Waals surface area contributed by atoms with Gasteiger partial charge in [-0.1, -0.05) is 12.2 Å². The Bertz CT molecular complexity index is 1210. The molecule has 0 N–H and O–H groups in total. The number of rotatable bonds is 8. The monoisotopic (exact) mass is 433 g/mol. The highest BCUT2D eigenvalue weighted by Gasteiger charge is 2.11. The fraction of sp³-hybridized carbons (Fsp3) is 0.217. The molecule has 0 aliphatic carbocycles. The number of fused-ring (bicyclic) bond motifs is 1. The topological polar surface area (TPSA) is 75.0 Å². The van der Waals surface area contributed by atoms with Crippen molar-refractivity contribution >= 4 is 35.1 Å². The van der Waals surface area contributed by atoms with Crippen LogP contribution in [-0.4, -0.2) is 37.6 Å². The van der Waals surface area contributed by atoms with Gasteiger partial charge < -0.3 is 4.57 Å². The average molecular weight is 434 g/mol. The summed E-state index contributed by atoms with van der Waals surface area (Å²) in [5.74, 6) is 0.800. The maximum atomic E-state index is 4.94. The summed E-state index contributed by atoms with van der Waals surface area (Å²) < 4.78 is 6.91. The quantitative estimate of drug-likeness (QED) is 0.173. The molecule has 0 bridgehead atoms. The Morgan fingerprint density at radius 2 is 2.03 bits per heavy atom. The summed E-state index contributed by atoms with van der Waals surface area (Å²) in [6, 6.07) is 8.41.